The average molecular weight is 468 g/mol. The number of nitrogens with one attached hydrogen (secondary N) is 1. The third-order valence-electron chi connectivity index (χ3n) is 4.69. The van der Waals surface area contributed by atoms with Crippen LogP contribution in [0.2, 0.25) is 0 Å². The number of nitrogens with zero attached hydrogens (tertiary/aromatic N) is 4. The number of aryl methyl sites for hydroxylation is 1. The molecule has 4 aromatic heterocycles. The molecule has 0 fully saturated rings. The smallest absolute Gasteiger partial charge is 0.271 e. The van der Waals surface area contributed by atoms with Gasteiger partial charge in [-0.15, -0.1) is 32.9 Å². The van der Waals surface area contributed by atoms with Crippen molar-refractivity contribution in [2.75, 3.05) is 4.72 Å². The number of anilines is 1. The van der Waals surface area contributed by atoms with E-state index in [9.17, 15) is 8.42 Å². The van der Waals surface area contributed by atoms with E-state index in [0.29, 0.717) is 21.4 Å². The standard InChI is InChI=1S/C21H17N5O2S3/c1-2-16-9-12-20(30-16)31(27,28)25-15-7-5-14(6-8-15)17-10-11-19-22-23-21(26(19)24-17)18-4-3-13-29-18/h3-13,25H,2H2,1H3. The molecule has 0 amide bonds. The van der Waals surface area contributed by atoms with Gasteiger partial charge in [0.2, 0.25) is 0 Å². The predicted molar refractivity (Wildman–Crippen MR) is 124 cm³/mol. The summed E-state index contributed by atoms with van der Waals surface area (Å²) in [6.07, 6.45) is 0.812. The van der Waals surface area contributed by atoms with Crippen molar-refractivity contribution >= 4 is 44.0 Å². The van der Waals surface area contributed by atoms with Gasteiger partial charge in [-0.1, -0.05) is 25.1 Å². The zero-order valence-corrected chi connectivity index (χ0v) is 18.8. The van der Waals surface area contributed by atoms with E-state index in [1.54, 1.807) is 34.1 Å². The Morgan fingerprint density at radius 3 is 2.55 bits per heavy atom. The van der Waals surface area contributed by atoms with E-state index in [1.165, 1.54) is 11.3 Å². The number of benzene rings is 1. The zero-order valence-electron chi connectivity index (χ0n) is 16.4. The summed E-state index contributed by atoms with van der Waals surface area (Å²) in [7, 11) is -3.60. The van der Waals surface area contributed by atoms with Crippen molar-refractivity contribution in [1.82, 2.24) is 19.8 Å². The van der Waals surface area contributed by atoms with Crippen molar-refractivity contribution in [3.63, 3.8) is 0 Å². The Kier molecular flexibility index (Phi) is 5.05. The maximum Gasteiger partial charge on any atom is 0.271 e. The minimum absolute atomic E-state index is 0.314. The molecule has 0 unspecified atom stereocenters. The van der Waals surface area contributed by atoms with Crippen LogP contribution in [0.25, 0.3) is 27.6 Å². The number of hydrogen-bond acceptors (Lipinski definition) is 7. The molecule has 0 bridgehead atoms. The maximum absolute atomic E-state index is 12.6. The molecule has 0 saturated heterocycles. The average Bonchev–Trinajstić information content (AvgIpc) is 3.53. The van der Waals surface area contributed by atoms with Gasteiger partial charge in [0.1, 0.15) is 4.21 Å². The van der Waals surface area contributed by atoms with Crippen molar-refractivity contribution in [1.29, 1.82) is 0 Å². The van der Waals surface area contributed by atoms with Gasteiger partial charge in [0.05, 0.1) is 10.6 Å². The van der Waals surface area contributed by atoms with Crippen LogP contribution in [-0.4, -0.2) is 28.2 Å². The molecule has 0 aliphatic carbocycles. The van der Waals surface area contributed by atoms with Crippen molar-refractivity contribution in [2.45, 2.75) is 17.6 Å². The summed E-state index contributed by atoms with van der Waals surface area (Å²) in [5.41, 5.74) is 2.77. The molecule has 1 N–H and O–H groups in total. The molecule has 0 spiro atoms. The van der Waals surface area contributed by atoms with Crippen LogP contribution in [0.15, 0.2) is 70.3 Å². The molecule has 0 saturated carbocycles. The first-order chi connectivity index (χ1) is 15.0. The Bertz CT molecular complexity index is 1450. The van der Waals surface area contributed by atoms with Gasteiger partial charge in [-0.2, -0.15) is 9.61 Å². The molecule has 7 nitrogen and oxygen atoms in total. The predicted octanol–water partition coefficient (Wildman–Crippen LogP) is 4.94. The van der Waals surface area contributed by atoms with Crippen LogP contribution < -0.4 is 4.72 Å². The number of fused-ring (bicyclic) bond motifs is 1. The fraction of sp³-hybridized carbons (Fsp3) is 0.0952. The Hall–Kier alpha value is -3.08. The van der Waals surface area contributed by atoms with Crippen LogP contribution in [0.3, 0.4) is 0 Å². The Labute approximate surface area is 187 Å². The van der Waals surface area contributed by atoms with Crippen molar-refractivity contribution in [3.05, 3.63) is 70.9 Å². The minimum atomic E-state index is -3.60. The number of hydrogen-bond donors (Lipinski definition) is 1. The van der Waals surface area contributed by atoms with E-state index in [0.717, 1.165) is 27.4 Å². The highest BCUT2D eigenvalue weighted by Gasteiger charge is 2.17. The maximum atomic E-state index is 12.6. The molecular weight excluding hydrogens is 450 g/mol. The Balaban J connectivity index is 1.42. The Morgan fingerprint density at radius 1 is 1.00 bits per heavy atom. The lowest BCUT2D eigenvalue weighted by Gasteiger charge is -2.08. The quantitative estimate of drug-likeness (QED) is 0.382. The highest BCUT2D eigenvalue weighted by molar-refractivity contribution is 7.94. The molecule has 156 valence electrons. The third-order valence-corrected chi connectivity index (χ3v) is 8.66. The second-order valence-corrected chi connectivity index (χ2v) is 10.8. The molecule has 0 atom stereocenters. The summed E-state index contributed by atoms with van der Waals surface area (Å²) in [5, 5.41) is 15.1. The monoisotopic (exact) mass is 467 g/mol. The van der Waals surface area contributed by atoms with Gasteiger partial charge >= 0.3 is 0 Å². The van der Waals surface area contributed by atoms with Crippen LogP contribution >= 0.6 is 22.7 Å². The summed E-state index contributed by atoms with van der Waals surface area (Å²) in [5.74, 6) is 0.693. The fourth-order valence-corrected chi connectivity index (χ4v) is 6.16. The second kappa shape index (κ2) is 7.88. The Morgan fingerprint density at radius 2 is 1.84 bits per heavy atom. The van der Waals surface area contributed by atoms with Crippen LogP contribution in [-0.2, 0) is 16.4 Å². The van der Waals surface area contributed by atoms with Crippen LogP contribution in [0.5, 0.6) is 0 Å². The fourth-order valence-electron chi connectivity index (χ4n) is 3.11. The lowest BCUT2D eigenvalue weighted by atomic mass is 10.1. The van der Waals surface area contributed by atoms with E-state index in [2.05, 4.69) is 20.0 Å². The first-order valence-electron chi connectivity index (χ1n) is 9.52. The van der Waals surface area contributed by atoms with E-state index in [-0.39, 0.29) is 0 Å². The number of thiophene rings is 2. The summed E-state index contributed by atoms with van der Waals surface area (Å²) < 4.78 is 29.9. The van der Waals surface area contributed by atoms with Crippen LogP contribution in [0.1, 0.15) is 11.8 Å². The number of aromatic nitrogens is 4. The topological polar surface area (TPSA) is 89.2 Å². The molecule has 31 heavy (non-hydrogen) atoms. The molecule has 0 aliphatic rings. The van der Waals surface area contributed by atoms with Gasteiger partial charge in [0.15, 0.2) is 11.5 Å². The van der Waals surface area contributed by atoms with E-state index >= 15 is 0 Å². The largest absolute Gasteiger partial charge is 0.279 e. The van der Waals surface area contributed by atoms with Gasteiger partial charge in [-0.25, -0.2) is 8.42 Å². The van der Waals surface area contributed by atoms with Gasteiger partial charge < -0.3 is 0 Å². The molecule has 10 heteroatoms. The molecule has 5 rings (SSSR count). The zero-order chi connectivity index (χ0) is 21.4. The van der Waals surface area contributed by atoms with Gasteiger partial charge in [-0.3, -0.25) is 4.72 Å². The molecule has 1 aromatic carbocycles. The van der Waals surface area contributed by atoms with Crippen molar-refractivity contribution < 1.29 is 8.42 Å². The lowest BCUT2D eigenvalue weighted by molar-refractivity contribution is 0.603. The molecule has 5 aromatic rings. The first kappa shape index (κ1) is 19.9. The SMILES string of the molecule is CCc1ccc(S(=O)(=O)Nc2ccc(-c3ccc4nnc(-c5cccs5)n4n3)cc2)s1. The van der Waals surface area contributed by atoms with Gasteiger partial charge in [-0.05, 0) is 54.3 Å². The van der Waals surface area contributed by atoms with E-state index < -0.39 is 10.0 Å². The summed E-state index contributed by atoms with van der Waals surface area (Å²) in [6.45, 7) is 2.00. The molecule has 0 aliphatic heterocycles. The number of rotatable bonds is 6. The van der Waals surface area contributed by atoms with Crippen LogP contribution in [0.4, 0.5) is 5.69 Å². The molecule has 0 radical (unpaired) electrons. The summed E-state index contributed by atoms with van der Waals surface area (Å²) >= 11 is 2.86. The van der Waals surface area contributed by atoms with E-state index in [1.807, 2.05) is 54.8 Å². The van der Waals surface area contributed by atoms with Crippen LogP contribution in [0, 0.1) is 0 Å². The highest BCUT2D eigenvalue weighted by Crippen LogP contribution is 2.27. The van der Waals surface area contributed by atoms with Gasteiger partial charge in [0.25, 0.3) is 10.0 Å². The van der Waals surface area contributed by atoms with Crippen molar-refractivity contribution in [2.24, 2.45) is 0 Å². The molecular formula is C21H17N5O2S3. The summed E-state index contributed by atoms with van der Waals surface area (Å²) in [4.78, 5) is 2.02. The highest BCUT2D eigenvalue weighted by atomic mass is 32.2. The third kappa shape index (κ3) is 3.85. The van der Waals surface area contributed by atoms with Crippen molar-refractivity contribution in [3.8, 4) is 22.0 Å². The summed E-state index contributed by atoms with van der Waals surface area (Å²) in [6, 6.07) is 18.3. The van der Waals surface area contributed by atoms with Gasteiger partial charge in [0, 0.05) is 16.1 Å². The normalized spacial score (nSPS) is 11.8. The number of sulfonamides is 1. The lowest BCUT2D eigenvalue weighted by Crippen LogP contribution is -2.11. The van der Waals surface area contributed by atoms with E-state index in [4.69, 9.17) is 0 Å². The second-order valence-electron chi connectivity index (χ2n) is 6.75. The minimum Gasteiger partial charge on any atom is -0.279 e. The first-order valence-corrected chi connectivity index (χ1v) is 12.7. The molecule has 4 heterocycles.